The van der Waals surface area contributed by atoms with Crippen molar-refractivity contribution < 1.29 is 14.2 Å². The van der Waals surface area contributed by atoms with Crippen molar-refractivity contribution in [1.82, 2.24) is 9.66 Å². The lowest BCUT2D eigenvalue weighted by molar-refractivity contribution is 0.284. The smallest absolute Gasteiger partial charge is 0.282 e. The summed E-state index contributed by atoms with van der Waals surface area (Å²) in [7, 11) is 3.22. The van der Waals surface area contributed by atoms with Crippen LogP contribution in [0.3, 0.4) is 0 Å². The fraction of sp³-hybridized carbons (Fsp3) is 0.229. The molecule has 0 aliphatic heterocycles. The Labute approximate surface area is 256 Å². The molecule has 0 amide bonds. The van der Waals surface area contributed by atoms with Gasteiger partial charge in [-0.3, -0.25) is 4.79 Å². The Kier molecular flexibility index (Phi) is 8.83. The van der Waals surface area contributed by atoms with Gasteiger partial charge in [0.2, 0.25) is 0 Å². The van der Waals surface area contributed by atoms with Crippen molar-refractivity contribution in [3.8, 4) is 28.6 Å². The lowest BCUT2D eigenvalue weighted by Crippen LogP contribution is -2.20. The summed E-state index contributed by atoms with van der Waals surface area (Å²) in [6.07, 6.45) is 1.57. The number of halogens is 1. The van der Waals surface area contributed by atoms with E-state index in [0.717, 1.165) is 28.0 Å². The van der Waals surface area contributed by atoms with Gasteiger partial charge in [-0.25, -0.2) is 4.98 Å². The van der Waals surface area contributed by atoms with Crippen molar-refractivity contribution in [2.75, 3.05) is 14.2 Å². The summed E-state index contributed by atoms with van der Waals surface area (Å²) in [6, 6.07) is 22.9. The van der Waals surface area contributed by atoms with Gasteiger partial charge in [0, 0.05) is 5.56 Å². The fourth-order valence-corrected chi connectivity index (χ4v) is 5.16. The molecule has 0 fully saturated rings. The third kappa shape index (κ3) is 6.27. The van der Waals surface area contributed by atoms with E-state index in [2.05, 4.69) is 18.9 Å². The fourth-order valence-electron chi connectivity index (χ4n) is 4.89. The van der Waals surface area contributed by atoms with Crippen molar-refractivity contribution >= 4 is 28.7 Å². The Bertz CT molecular complexity index is 1880. The lowest BCUT2D eigenvalue weighted by atomic mass is 9.96. The van der Waals surface area contributed by atoms with Gasteiger partial charge < -0.3 is 14.2 Å². The van der Waals surface area contributed by atoms with Crippen LogP contribution in [0.2, 0.25) is 5.02 Å². The number of nitrogens with zero attached hydrogens (tertiary/aromatic N) is 3. The first kappa shape index (κ1) is 29.9. The maximum absolute atomic E-state index is 13.8. The summed E-state index contributed by atoms with van der Waals surface area (Å²) in [6.45, 7) is 8.54. The van der Waals surface area contributed by atoms with Crippen LogP contribution in [-0.2, 0) is 6.61 Å². The number of fused-ring (bicyclic) bond motifs is 1. The summed E-state index contributed by atoms with van der Waals surface area (Å²) in [5.41, 5.74) is 5.84. The molecule has 4 aromatic carbocycles. The first-order chi connectivity index (χ1) is 20.7. The molecular weight excluding hydrogens is 562 g/mol. The Morgan fingerprint density at radius 3 is 2.37 bits per heavy atom. The van der Waals surface area contributed by atoms with Gasteiger partial charge in [-0.2, -0.15) is 9.78 Å². The number of ether oxygens (including phenoxy) is 3. The van der Waals surface area contributed by atoms with E-state index >= 15 is 0 Å². The molecule has 1 heterocycles. The van der Waals surface area contributed by atoms with Crippen LogP contribution >= 0.6 is 11.6 Å². The van der Waals surface area contributed by atoms with Crippen LogP contribution in [0.15, 0.2) is 82.7 Å². The summed E-state index contributed by atoms with van der Waals surface area (Å²) >= 11 is 6.66. The van der Waals surface area contributed by atoms with Crippen LogP contribution in [0.1, 0.15) is 47.6 Å². The number of aromatic nitrogens is 2. The van der Waals surface area contributed by atoms with Gasteiger partial charge in [-0.15, -0.1) is 0 Å². The highest BCUT2D eigenvalue weighted by molar-refractivity contribution is 6.32. The van der Waals surface area contributed by atoms with E-state index in [1.54, 1.807) is 38.6 Å². The molecule has 0 radical (unpaired) electrons. The highest BCUT2D eigenvalue weighted by atomic mass is 35.5. The first-order valence-corrected chi connectivity index (χ1v) is 14.4. The number of rotatable bonds is 9. The third-order valence-corrected chi connectivity index (χ3v) is 7.55. The van der Waals surface area contributed by atoms with Gasteiger partial charge in [-0.1, -0.05) is 67.4 Å². The monoisotopic (exact) mass is 595 g/mol. The minimum Gasteiger partial charge on any atom is -0.496 e. The zero-order valence-electron chi connectivity index (χ0n) is 25.1. The number of benzene rings is 4. The molecule has 0 aliphatic carbocycles. The highest BCUT2D eigenvalue weighted by Crippen LogP contribution is 2.37. The number of hydrogen-bond acceptors (Lipinski definition) is 6. The summed E-state index contributed by atoms with van der Waals surface area (Å²) < 4.78 is 18.6. The Morgan fingerprint density at radius 2 is 1.67 bits per heavy atom. The van der Waals surface area contributed by atoms with E-state index in [1.165, 1.54) is 10.2 Å². The van der Waals surface area contributed by atoms with Gasteiger partial charge in [0.25, 0.3) is 5.56 Å². The summed E-state index contributed by atoms with van der Waals surface area (Å²) in [5.74, 6) is 2.30. The SMILES string of the molecule is COc1cc(C)c(-c2nc3ccccc3c(=O)n2N=Cc2cc(Cl)c(OCc3ccc(C)cc3)c(OC)c2)cc1C(C)C. The molecule has 5 aromatic rings. The predicted molar refractivity (Wildman–Crippen MR) is 173 cm³/mol. The molecule has 0 bridgehead atoms. The maximum Gasteiger partial charge on any atom is 0.282 e. The average Bonchev–Trinajstić information content (AvgIpc) is 3.00. The van der Waals surface area contributed by atoms with Crippen LogP contribution in [0.5, 0.6) is 17.2 Å². The van der Waals surface area contributed by atoms with E-state index < -0.39 is 0 Å². The molecule has 0 saturated heterocycles. The quantitative estimate of drug-likeness (QED) is 0.162. The second-order valence-electron chi connectivity index (χ2n) is 10.7. The highest BCUT2D eigenvalue weighted by Gasteiger charge is 2.19. The van der Waals surface area contributed by atoms with E-state index in [0.29, 0.717) is 45.4 Å². The van der Waals surface area contributed by atoms with Crippen LogP contribution in [0, 0.1) is 13.8 Å². The number of aryl methyl sites for hydroxylation is 2. The molecular formula is C35H34ClN3O4. The molecule has 7 nitrogen and oxygen atoms in total. The molecule has 0 atom stereocenters. The normalized spacial score (nSPS) is 11.4. The predicted octanol–water partition coefficient (Wildman–Crippen LogP) is 7.94. The molecule has 220 valence electrons. The van der Waals surface area contributed by atoms with Gasteiger partial charge in [0.05, 0.1) is 36.4 Å². The molecule has 0 N–H and O–H groups in total. The van der Waals surface area contributed by atoms with Crippen molar-refractivity contribution in [2.24, 2.45) is 5.10 Å². The summed E-state index contributed by atoms with van der Waals surface area (Å²) in [5, 5.41) is 5.47. The average molecular weight is 596 g/mol. The molecule has 8 heteroatoms. The lowest BCUT2D eigenvalue weighted by Gasteiger charge is -2.17. The van der Waals surface area contributed by atoms with Crippen LogP contribution in [0.25, 0.3) is 22.3 Å². The second kappa shape index (κ2) is 12.7. The molecule has 0 saturated carbocycles. The van der Waals surface area contributed by atoms with E-state index in [4.69, 9.17) is 30.8 Å². The zero-order valence-corrected chi connectivity index (χ0v) is 25.9. The number of para-hydroxylation sites is 1. The molecule has 0 spiro atoms. The van der Waals surface area contributed by atoms with E-state index in [-0.39, 0.29) is 11.5 Å². The molecule has 0 unspecified atom stereocenters. The van der Waals surface area contributed by atoms with E-state index in [9.17, 15) is 4.79 Å². The third-order valence-electron chi connectivity index (χ3n) is 7.27. The molecule has 43 heavy (non-hydrogen) atoms. The second-order valence-corrected chi connectivity index (χ2v) is 11.1. The topological polar surface area (TPSA) is 74.9 Å². The van der Waals surface area contributed by atoms with Crippen LogP contribution in [0.4, 0.5) is 0 Å². The number of methoxy groups -OCH3 is 2. The van der Waals surface area contributed by atoms with Crippen LogP contribution in [-0.4, -0.2) is 30.1 Å². The molecule has 1 aromatic heterocycles. The minimum atomic E-state index is -0.283. The van der Waals surface area contributed by atoms with Gasteiger partial charge >= 0.3 is 0 Å². The Balaban J connectivity index is 1.58. The van der Waals surface area contributed by atoms with Gasteiger partial charge in [0.1, 0.15) is 12.4 Å². The molecule has 0 aliphatic rings. The van der Waals surface area contributed by atoms with Crippen molar-refractivity contribution in [1.29, 1.82) is 0 Å². The maximum atomic E-state index is 13.8. The summed E-state index contributed by atoms with van der Waals surface area (Å²) in [4.78, 5) is 18.7. The zero-order chi connectivity index (χ0) is 30.7. The Hall–Kier alpha value is -4.62. The van der Waals surface area contributed by atoms with Crippen LogP contribution < -0.4 is 19.8 Å². The van der Waals surface area contributed by atoms with Crippen molar-refractivity contribution in [3.05, 3.63) is 116 Å². The standard InChI is InChI=1S/C35H34ClN3O4/c1-21(2)27-18-28(23(4)15-31(27)41-5)34-38-30-10-8-7-9-26(30)35(40)39(34)37-19-25-16-29(36)33(32(17-25)42-6)43-20-24-13-11-22(3)12-14-24/h7-19,21H,20H2,1-6H3. The minimum absolute atomic E-state index is 0.194. The largest absolute Gasteiger partial charge is 0.496 e. The Morgan fingerprint density at radius 1 is 0.953 bits per heavy atom. The van der Waals surface area contributed by atoms with Crippen molar-refractivity contribution in [3.63, 3.8) is 0 Å². The molecule has 5 rings (SSSR count). The van der Waals surface area contributed by atoms with Crippen molar-refractivity contribution in [2.45, 2.75) is 40.2 Å². The number of hydrogen-bond donors (Lipinski definition) is 0. The van der Waals surface area contributed by atoms with Gasteiger partial charge in [-0.05, 0) is 78.4 Å². The van der Waals surface area contributed by atoms with Gasteiger partial charge in [0.15, 0.2) is 17.3 Å². The first-order valence-electron chi connectivity index (χ1n) is 14.0. The van der Waals surface area contributed by atoms with E-state index in [1.807, 2.05) is 68.4 Å².